The summed E-state index contributed by atoms with van der Waals surface area (Å²) in [6.45, 7) is 3.25. The van der Waals surface area contributed by atoms with Crippen molar-refractivity contribution in [2.75, 3.05) is 6.79 Å². The lowest BCUT2D eigenvalue weighted by Crippen LogP contribution is -2.49. The standard InChI is InChI=1S/C23H21NO6/c1-23(2,22(26)27)24-21(25)17-9-8-15-5-3-4-6-16(15)20(17)28-12-14-7-10-18-19(11-14)30-13-29-18/h3-11H,12-13H2,1-2H3,(H,24,25)(H,26,27). The monoisotopic (exact) mass is 407 g/mol. The van der Waals surface area contributed by atoms with Gasteiger partial charge in [-0.1, -0.05) is 36.4 Å². The molecule has 7 heteroatoms. The van der Waals surface area contributed by atoms with Gasteiger partial charge in [0.1, 0.15) is 17.9 Å². The molecule has 1 amide bonds. The summed E-state index contributed by atoms with van der Waals surface area (Å²) in [6, 6.07) is 16.5. The predicted molar refractivity (Wildman–Crippen MR) is 110 cm³/mol. The zero-order valence-corrected chi connectivity index (χ0v) is 16.6. The van der Waals surface area contributed by atoms with Gasteiger partial charge >= 0.3 is 5.97 Å². The quantitative estimate of drug-likeness (QED) is 0.647. The molecule has 3 aromatic carbocycles. The fourth-order valence-corrected chi connectivity index (χ4v) is 3.17. The van der Waals surface area contributed by atoms with Crippen LogP contribution in [-0.2, 0) is 11.4 Å². The number of hydrogen-bond acceptors (Lipinski definition) is 5. The van der Waals surface area contributed by atoms with Crippen LogP contribution in [0.2, 0.25) is 0 Å². The maximum absolute atomic E-state index is 12.9. The van der Waals surface area contributed by atoms with E-state index in [9.17, 15) is 14.7 Å². The van der Waals surface area contributed by atoms with E-state index in [1.165, 1.54) is 13.8 Å². The number of amides is 1. The van der Waals surface area contributed by atoms with Gasteiger partial charge in [0, 0.05) is 5.39 Å². The van der Waals surface area contributed by atoms with Crippen molar-refractivity contribution in [3.8, 4) is 17.2 Å². The van der Waals surface area contributed by atoms with Crippen molar-refractivity contribution in [2.24, 2.45) is 0 Å². The van der Waals surface area contributed by atoms with Crippen LogP contribution in [0.1, 0.15) is 29.8 Å². The van der Waals surface area contributed by atoms with Crippen molar-refractivity contribution in [2.45, 2.75) is 26.0 Å². The summed E-state index contributed by atoms with van der Waals surface area (Å²) in [6.07, 6.45) is 0. The van der Waals surface area contributed by atoms with Gasteiger partial charge in [-0.3, -0.25) is 4.79 Å². The van der Waals surface area contributed by atoms with Crippen molar-refractivity contribution in [1.29, 1.82) is 0 Å². The number of rotatable bonds is 6. The highest BCUT2D eigenvalue weighted by Crippen LogP contribution is 2.34. The third-order valence-electron chi connectivity index (χ3n) is 4.91. The van der Waals surface area contributed by atoms with Crippen LogP contribution in [0.3, 0.4) is 0 Å². The van der Waals surface area contributed by atoms with Crippen LogP contribution >= 0.6 is 0 Å². The smallest absolute Gasteiger partial charge is 0.328 e. The maximum Gasteiger partial charge on any atom is 0.328 e. The van der Waals surface area contributed by atoms with Gasteiger partial charge < -0.3 is 24.6 Å². The van der Waals surface area contributed by atoms with Crippen LogP contribution in [0.5, 0.6) is 17.2 Å². The number of carboxylic acid groups (broad SMARTS) is 1. The Morgan fingerprint density at radius 2 is 1.83 bits per heavy atom. The Morgan fingerprint density at radius 3 is 2.63 bits per heavy atom. The van der Waals surface area contributed by atoms with Crippen molar-refractivity contribution >= 4 is 22.6 Å². The largest absolute Gasteiger partial charge is 0.487 e. The maximum atomic E-state index is 12.9. The molecule has 4 rings (SSSR count). The van der Waals surface area contributed by atoms with Gasteiger partial charge in [-0.05, 0) is 43.0 Å². The average Bonchev–Trinajstić information content (AvgIpc) is 3.19. The second kappa shape index (κ2) is 7.59. The molecule has 0 spiro atoms. The normalized spacial score (nSPS) is 12.6. The van der Waals surface area contributed by atoms with Gasteiger partial charge in [0.2, 0.25) is 6.79 Å². The number of carbonyl (C=O) groups is 2. The van der Waals surface area contributed by atoms with Crippen LogP contribution in [0.4, 0.5) is 0 Å². The second-order valence-electron chi connectivity index (χ2n) is 7.52. The molecule has 0 saturated heterocycles. The first-order valence-corrected chi connectivity index (χ1v) is 9.44. The topological polar surface area (TPSA) is 94.1 Å². The lowest BCUT2D eigenvalue weighted by atomic mass is 10.0. The minimum absolute atomic E-state index is 0.187. The third kappa shape index (κ3) is 3.74. The molecule has 1 aliphatic rings. The Balaban J connectivity index is 1.67. The molecular weight excluding hydrogens is 386 g/mol. The van der Waals surface area contributed by atoms with Crippen LogP contribution < -0.4 is 19.5 Å². The van der Waals surface area contributed by atoms with E-state index in [4.69, 9.17) is 14.2 Å². The van der Waals surface area contributed by atoms with E-state index in [-0.39, 0.29) is 19.0 Å². The van der Waals surface area contributed by atoms with Crippen LogP contribution in [0.15, 0.2) is 54.6 Å². The number of carboxylic acids is 1. The molecule has 3 aromatic rings. The molecule has 30 heavy (non-hydrogen) atoms. The lowest BCUT2D eigenvalue weighted by Gasteiger charge is -2.22. The first kappa shape index (κ1) is 19.6. The summed E-state index contributed by atoms with van der Waals surface area (Å²) in [4.78, 5) is 24.3. The van der Waals surface area contributed by atoms with E-state index in [1.54, 1.807) is 6.07 Å². The van der Waals surface area contributed by atoms with Gasteiger partial charge in [0.15, 0.2) is 11.5 Å². The summed E-state index contributed by atoms with van der Waals surface area (Å²) in [5.74, 6) is 0.0767. The highest BCUT2D eigenvalue weighted by molar-refractivity contribution is 6.05. The number of carbonyl (C=O) groups excluding carboxylic acids is 1. The first-order valence-electron chi connectivity index (χ1n) is 9.44. The highest BCUT2D eigenvalue weighted by atomic mass is 16.7. The number of fused-ring (bicyclic) bond motifs is 2. The summed E-state index contributed by atoms with van der Waals surface area (Å²) in [5, 5.41) is 13.6. The Bertz CT molecular complexity index is 1140. The van der Waals surface area contributed by atoms with Crippen molar-refractivity contribution in [1.82, 2.24) is 5.32 Å². The fraction of sp³-hybridized carbons (Fsp3) is 0.217. The van der Waals surface area contributed by atoms with E-state index >= 15 is 0 Å². The van der Waals surface area contributed by atoms with Crippen molar-refractivity contribution < 1.29 is 28.9 Å². The van der Waals surface area contributed by atoms with Gasteiger partial charge in [-0.2, -0.15) is 0 Å². The third-order valence-corrected chi connectivity index (χ3v) is 4.91. The minimum Gasteiger partial charge on any atom is -0.487 e. The lowest BCUT2D eigenvalue weighted by molar-refractivity contribution is -0.143. The zero-order valence-electron chi connectivity index (χ0n) is 16.6. The summed E-state index contributed by atoms with van der Waals surface area (Å²) < 4.78 is 16.8. The molecule has 1 aliphatic heterocycles. The Morgan fingerprint density at radius 1 is 1.07 bits per heavy atom. The van der Waals surface area contributed by atoms with E-state index in [0.29, 0.717) is 17.2 Å². The van der Waals surface area contributed by atoms with E-state index < -0.39 is 17.4 Å². The Labute approximate surface area is 173 Å². The molecule has 0 atom stereocenters. The molecule has 0 aromatic heterocycles. The zero-order chi connectivity index (χ0) is 21.3. The summed E-state index contributed by atoms with van der Waals surface area (Å²) in [7, 11) is 0. The number of benzene rings is 3. The number of aliphatic carboxylic acids is 1. The van der Waals surface area contributed by atoms with Crippen molar-refractivity contribution in [3.05, 3.63) is 65.7 Å². The molecule has 0 radical (unpaired) electrons. The SMILES string of the molecule is CC(C)(NC(=O)c1ccc2ccccc2c1OCc1ccc2c(c1)OCO2)C(=O)O. The van der Waals surface area contributed by atoms with Gasteiger partial charge in [-0.15, -0.1) is 0 Å². The molecule has 1 heterocycles. The predicted octanol–water partition coefficient (Wildman–Crippen LogP) is 3.74. The van der Waals surface area contributed by atoms with Crippen LogP contribution in [-0.4, -0.2) is 29.3 Å². The average molecular weight is 407 g/mol. The first-order chi connectivity index (χ1) is 14.3. The molecule has 2 N–H and O–H groups in total. The fourth-order valence-electron chi connectivity index (χ4n) is 3.17. The molecule has 7 nitrogen and oxygen atoms in total. The number of hydrogen-bond donors (Lipinski definition) is 2. The summed E-state index contributed by atoms with van der Waals surface area (Å²) >= 11 is 0. The molecule has 0 unspecified atom stereocenters. The van der Waals surface area contributed by atoms with Gasteiger partial charge in [-0.25, -0.2) is 4.79 Å². The van der Waals surface area contributed by atoms with Crippen LogP contribution in [0.25, 0.3) is 10.8 Å². The van der Waals surface area contributed by atoms with E-state index in [1.807, 2.05) is 48.5 Å². The van der Waals surface area contributed by atoms with Crippen LogP contribution in [0, 0.1) is 0 Å². The Hall–Kier alpha value is -3.74. The van der Waals surface area contributed by atoms with E-state index in [2.05, 4.69) is 5.32 Å². The molecule has 0 saturated carbocycles. The minimum atomic E-state index is -1.42. The van der Waals surface area contributed by atoms with E-state index in [0.717, 1.165) is 16.3 Å². The van der Waals surface area contributed by atoms with Gasteiger partial charge in [0.05, 0.1) is 5.56 Å². The molecule has 0 fully saturated rings. The molecule has 0 bridgehead atoms. The molecule has 154 valence electrons. The van der Waals surface area contributed by atoms with Crippen molar-refractivity contribution in [3.63, 3.8) is 0 Å². The van der Waals surface area contributed by atoms with Gasteiger partial charge in [0.25, 0.3) is 5.91 Å². The second-order valence-corrected chi connectivity index (χ2v) is 7.52. The molecule has 0 aliphatic carbocycles. The highest BCUT2D eigenvalue weighted by Gasteiger charge is 2.30. The summed E-state index contributed by atoms with van der Waals surface area (Å²) in [5.41, 5.74) is -0.301. The molecular formula is C23H21NO6. The Kier molecular flexibility index (Phi) is 4.95. The number of nitrogens with one attached hydrogen (secondary N) is 1. The number of ether oxygens (including phenoxy) is 3.